The number of aromatic nitrogens is 2. The third-order valence-corrected chi connectivity index (χ3v) is 5.36. The Labute approximate surface area is 143 Å². The lowest BCUT2D eigenvalue weighted by atomic mass is 10.1. The second-order valence-electron chi connectivity index (χ2n) is 5.75. The van der Waals surface area contributed by atoms with E-state index in [-0.39, 0.29) is 0 Å². The van der Waals surface area contributed by atoms with Crippen LogP contribution in [0.2, 0.25) is 0 Å². The molecule has 3 heteroatoms. The molecule has 0 saturated carbocycles. The smallest absolute Gasteiger partial charge is 0.137 e. The van der Waals surface area contributed by atoms with Crippen molar-refractivity contribution in [2.24, 2.45) is 0 Å². The van der Waals surface area contributed by atoms with Crippen LogP contribution in [0.15, 0.2) is 85.1 Å². The molecule has 114 valence electrons. The summed E-state index contributed by atoms with van der Waals surface area (Å²) in [6.07, 6.45) is 2.09. The van der Waals surface area contributed by atoms with Crippen molar-refractivity contribution in [2.45, 2.75) is 0 Å². The van der Waals surface area contributed by atoms with Crippen molar-refractivity contribution in [3.8, 4) is 21.8 Å². The van der Waals surface area contributed by atoms with Crippen LogP contribution in [0.1, 0.15) is 0 Å². The number of nitrogens with zero attached hydrogens (tertiary/aromatic N) is 2. The number of pyridine rings is 1. The highest BCUT2D eigenvalue weighted by Gasteiger charge is 2.17. The number of imidazole rings is 1. The average Bonchev–Trinajstić information content (AvgIpc) is 3.23. The van der Waals surface area contributed by atoms with Crippen LogP contribution >= 0.6 is 11.3 Å². The highest BCUT2D eigenvalue weighted by Crippen LogP contribution is 2.39. The molecular formula is C21H14N2S. The summed E-state index contributed by atoms with van der Waals surface area (Å²) >= 11 is 1.82. The molecule has 24 heavy (non-hydrogen) atoms. The molecule has 0 aliphatic carbocycles. The van der Waals surface area contributed by atoms with E-state index in [0.29, 0.717) is 0 Å². The Morgan fingerprint density at radius 2 is 1.58 bits per heavy atom. The minimum atomic E-state index is 0.976. The van der Waals surface area contributed by atoms with Crippen molar-refractivity contribution in [3.63, 3.8) is 0 Å². The van der Waals surface area contributed by atoms with Crippen molar-refractivity contribution in [2.75, 3.05) is 0 Å². The van der Waals surface area contributed by atoms with E-state index in [1.807, 2.05) is 23.5 Å². The van der Waals surface area contributed by atoms with Gasteiger partial charge in [0.1, 0.15) is 5.65 Å². The van der Waals surface area contributed by atoms with Gasteiger partial charge in [-0.15, -0.1) is 11.3 Å². The van der Waals surface area contributed by atoms with E-state index in [0.717, 1.165) is 22.6 Å². The maximum Gasteiger partial charge on any atom is 0.137 e. The Morgan fingerprint density at radius 3 is 2.46 bits per heavy atom. The molecule has 0 saturated heterocycles. The summed E-state index contributed by atoms with van der Waals surface area (Å²) in [7, 11) is 0. The van der Waals surface area contributed by atoms with Crippen molar-refractivity contribution < 1.29 is 0 Å². The van der Waals surface area contributed by atoms with Gasteiger partial charge in [-0.3, -0.25) is 4.40 Å². The Kier molecular flexibility index (Phi) is 3.00. The molecule has 0 bridgehead atoms. The summed E-state index contributed by atoms with van der Waals surface area (Å²) in [4.78, 5) is 6.14. The second kappa shape index (κ2) is 5.32. The first kappa shape index (κ1) is 13.5. The van der Waals surface area contributed by atoms with Gasteiger partial charge in [-0.05, 0) is 29.7 Å². The van der Waals surface area contributed by atoms with Crippen LogP contribution in [0.3, 0.4) is 0 Å². The zero-order chi connectivity index (χ0) is 15.9. The molecule has 5 aromatic rings. The summed E-state index contributed by atoms with van der Waals surface area (Å²) in [5.74, 6) is 0. The number of rotatable bonds is 2. The fraction of sp³-hybridized carbons (Fsp3) is 0. The van der Waals surface area contributed by atoms with Gasteiger partial charge in [0.15, 0.2) is 0 Å². The quantitative estimate of drug-likeness (QED) is 0.396. The molecule has 0 unspecified atom stereocenters. The summed E-state index contributed by atoms with van der Waals surface area (Å²) in [5.41, 5.74) is 4.32. The van der Waals surface area contributed by atoms with Gasteiger partial charge >= 0.3 is 0 Å². The number of thiophene rings is 1. The fourth-order valence-corrected chi connectivity index (χ4v) is 4.23. The van der Waals surface area contributed by atoms with E-state index in [2.05, 4.69) is 77.3 Å². The first-order valence-electron chi connectivity index (χ1n) is 7.91. The zero-order valence-corrected chi connectivity index (χ0v) is 13.7. The van der Waals surface area contributed by atoms with Gasteiger partial charge in [0, 0.05) is 16.5 Å². The summed E-state index contributed by atoms with van der Waals surface area (Å²) < 4.78 is 3.49. The van der Waals surface area contributed by atoms with Gasteiger partial charge in [0.25, 0.3) is 0 Å². The van der Waals surface area contributed by atoms with Gasteiger partial charge in [0.05, 0.1) is 16.3 Å². The maximum absolute atomic E-state index is 4.90. The molecule has 0 amide bonds. The van der Waals surface area contributed by atoms with Gasteiger partial charge in [0.2, 0.25) is 0 Å². The molecule has 0 spiro atoms. The minimum absolute atomic E-state index is 0.976. The molecule has 3 aromatic heterocycles. The minimum Gasteiger partial charge on any atom is -0.298 e. The van der Waals surface area contributed by atoms with Crippen LogP contribution < -0.4 is 0 Å². The lowest BCUT2D eigenvalue weighted by molar-refractivity contribution is 1.20. The molecule has 0 aliphatic heterocycles. The average molecular weight is 326 g/mol. The molecular weight excluding hydrogens is 312 g/mol. The predicted molar refractivity (Wildman–Crippen MR) is 101 cm³/mol. The molecule has 0 aliphatic rings. The van der Waals surface area contributed by atoms with Crippen molar-refractivity contribution in [1.82, 2.24) is 9.38 Å². The van der Waals surface area contributed by atoms with E-state index in [9.17, 15) is 0 Å². The lowest BCUT2D eigenvalue weighted by Crippen LogP contribution is -1.86. The normalized spacial score (nSPS) is 11.3. The van der Waals surface area contributed by atoms with Gasteiger partial charge in [-0.2, -0.15) is 0 Å². The molecule has 0 radical (unpaired) electrons. The van der Waals surface area contributed by atoms with Crippen LogP contribution in [-0.2, 0) is 0 Å². The summed E-state index contributed by atoms with van der Waals surface area (Å²) in [5, 5.41) is 1.28. The van der Waals surface area contributed by atoms with E-state index in [1.165, 1.54) is 15.0 Å². The van der Waals surface area contributed by atoms with Gasteiger partial charge < -0.3 is 0 Å². The van der Waals surface area contributed by atoms with Crippen LogP contribution in [0, 0.1) is 0 Å². The molecule has 0 N–H and O–H groups in total. The molecule has 3 heterocycles. The van der Waals surface area contributed by atoms with Gasteiger partial charge in [-0.1, -0.05) is 54.6 Å². The maximum atomic E-state index is 4.90. The summed E-state index contributed by atoms with van der Waals surface area (Å²) in [6.45, 7) is 0. The number of hydrogen-bond acceptors (Lipinski definition) is 2. The molecule has 2 aromatic carbocycles. The van der Waals surface area contributed by atoms with Crippen LogP contribution in [0.4, 0.5) is 0 Å². The largest absolute Gasteiger partial charge is 0.298 e. The monoisotopic (exact) mass is 326 g/mol. The molecule has 0 fully saturated rings. The van der Waals surface area contributed by atoms with E-state index in [4.69, 9.17) is 4.98 Å². The Morgan fingerprint density at radius 1 is 0.792 bits per heavy atom. The first-order valence-corrected chi connectivity index (χ1v) is 8.73. The van der Waals surface area contributed by atoms with E-state index < -0.39 is 0 Å². The Bertz CT molecular complexity index is 1120. The predicted octanol–water partition coefficient (Wildman–Crippen LogP) is 5.88. The Hall–Kier alpha value is -2.91. The number of hydrogen-bond donors (Lipinski definition) is 0. The van der Waals surface area contributed by atoms with Crippen LogP contribution in [-0.4, -0.2) is 9.38 Å². The standard InChI is InChI=1S/C21H14N2S/c1-2-8-15(9-3-1)20-21(23-13-7-6-12-19(23)22-20)18-14-16-10-4-5-11-17(16)24-18/h1-14H. The fourth-order valence-electron chi connectivity index (χ4n) is 3.13. The second-order valence-corrected chi connectivity index (χ2v) is 6.84. The van der Waals surface area contributed by atoms with Crippen molar-refractivity contribution in [3.05, 3.63) is 85.1 Å². The number of fused-ring (bicyclic) bond motifs is 2. The van der Waals surface area contributed by atoms with Crippen molar-refractivity contribution in [1.29, 1.82) is 0 Å². The van der Waals surface area contributed by atoms with Crippen LogP contribution in [0.5, 0.6) is 0 Å². The van der Waals surface area contributed by atoms with Crippen molar-refractivity contribution >= 4 is 27.1 Å². The SMILES string of the molecule is c1ccc(-c2nc3ccccn3c2-c2cc3ccccc3s2)cc1. The topological polar surface area (TPSA) is 17.3 Å². The zero-order valence-electron chi connectivity index (χ0n) is 12.9. The van der Waals surface area contributed by atoms with E-state index >= 15 is 0 Å². The Balaban J connectivity index is 1.86. The molecule has 5 rings (SSSR count). The highest BCUT2D eigenvalue weighted by molar-refractivity contribution is 7.22. The van der Waals surface area contributed by atoms with Crippen LogP contribution in [0.25, 0.3) is 37.6 Å². The third-order valence-electron chi connectivity index (χ3n) is 4.24. The highest BCUT2D eigenvalue weighted by atomic mass is 32.1. The first-order chi connectivity index (χ1) is 11.9. The lowest BCUT2D eigenvalue weighted by Gasteiger charge is -2.02. The summed E-state index contributed by atoms with van der Waals surface area (Å²) in [6, 6.07) is 27.4. The van der Waals surface area contributed by atoms with E-state index in [1.54, 1.807) is 0 Å². The molecule has 0 atom stereocenters. The third kappa shape index (κ3) is 2.06. The van der Waals surface area contributed by atoms with Gasteiger partial charge in [-0.25, -0.2) is 4.98 Å². The molecule has 2 nitrogen and oxygen atoms in total. The number of benzene rings is 2.